The first kappa shape index (κ1) is 20.1. The van der Waals surface area contributed by atoms with Gasteiger partial charge < -0.3 is 4.90 Å². The Balaban J connectivity index is 1.71. The van der Waals surface area contributed by atoms with E-state index in [2.05, 4.69) is 9.97 Å². The summed E-state index contributed by atoms with van der Waals surface area (Å²) in [6.07, 6.45) is -6.65. The van der Waals surface area contributed by atoms with E-state index in [1.165, 1.54) is 6.07 Å². The highest BCUT2D eigenvalue weighted by molar-refractivity contribution is 5.89. The minimum absolute atomic E-state index is 0.167. The monoisotopic (exact) mass is 403 g/mol. The Morgan fingerprint density at radius 1 is 0.964 bits per heavy atom. The molecule has 0 aromatic carbocycles. The van der Waals surface area contributed by atoms with Crippen LogP contribution in [-0.4, -0.2) is 28.3 Å². The molecular weight excluding hydrogens is 388 g/mol. The lowest BCUT2D eigenvalue weighted by atomic mass is 10.0. The van der Waals surface area contributed by atoms with Crippen LogP contribution in [0, 0.1) is 0 Å². The topological polar surface area (TPSA) is 46.1 Å². The summed E-state index contributed by atoms with van der Waals surface area (Å²) >= 11 is 0. The molecule has 10 heteroatoms. The first-order chi connectivity index (χ1) is 13.1. The van der Waals surface area contributed by atoms with Crippen molar-refractivity contribution in [2.24, 2.45) is 0 Å². The molecule has 0 aliphatic carbocycles. The molecular formula is C18H15F6N3O. The molecule has 150 valence electrons. The number of hydrogen-bond acceptors (Lipinski definition) is 4. The summed E-state index contributed by atoms with van der Waals surface area (Å²) in [5.41, 5.74) is -1.59. The molecule has 0 spiro atoms. The summed E-state index contributed by atoms with van der Waals surface area (Å²) in [6.45, 7) is 0.454. The van der Waals surface area contributed by atoms with Crippen molar-refractivity contribution in [1.82, 2.24) is 9.97 Å². The molecule has 2 aromatic heterocycles. The summed E-state index contributed by atoms with van der Waals surface area (Å²) in [6, 6.07) is 3.52. The van der Waals surface area contributed by atoms with Crippen LogP contribution in [0.1, 0.15) is 29.7 Å². The molecule has 0 saturated carbocycles. The molecule has 0 N–H and O–H groups in total. The Morgan fingerprint density at radius 3 is 2.07 bits per heavy atom. The van der Waals surface area contributed by atoms with Gasteiger partial charge in [-0.25, -0.2) is 4.98 Å². The molecule has 1 aliphatic rings. The van der Waals surface area contributed by atoms with Crippen LogP contribution in [-0.2, 0) is 23.6 Å². The third-order valence-electron chi connectivity index (χ3n) is 4.50. The van der Waals surface area contributed by atoms with Crippen molar-refractivity contribution in [3.63, 3.8) is 0 Å². The lowest BCUT2D eigenvalue weighted by Gasteiger charge is -2.25. The number of ketones is 1. The Hall–Kier alpha value is -2.65. The van der Waals surface area contributed by atoms with Gasteiger partial charge in [0.25, 0.3) is 0 Å². The molecule has 0 bridgehead atoms. The minimum atomic E-state index is -4.51. The Morgan fingerprint density at radius 2 is 1.57 bits per heavy atom. The second-order valence-corrected chi connectivity index (χ2v) is 6.43. The largest absolute Gasteiger partial charge is 0.417 e. The molecule has 2 aromatic rings. The predicted octanol–water partition coefficient (Wildman–Crippen LogP) is 4.29. The van der Waals surface area contributed by atoms with Crippen molar-refractivity contribution >= 4 is 11.6 Å². The van der Waals surface area contributed by atoms with E-state index < -0.39 is 29.5 Å². The van der Waals surface area contributed by atoms with Crippen molar-refractivity contribution in [2.45, 2.75) is 37.7 Å². The summed E-state index contributed by atoms with van der Waals surface area (Å²) < 4.78 is 75.7. The highest BCUT2D eigenvalue weighted by Gasteiger charge is 2.34. The molecule has 28 heavy (non-hydrogen) atoms. The van der Waals surface area contributed by atoms with Gasteiger partial charge >= 0.3 is 12.4 Å². The van der Waals surface area contributed by atoms with Gasteiger partial charge in [0.2, 0.25) is 0 Å². The maximum atomic E-state index is 12.7. The Kier molecular flexibility index (Phi) is 5.31. The fourth-order valence-electron chi connectivity index (χ4n) is 3.09. The lowest BCUT2D eigenvalue weighted by molar-refractivity contribution is -0.138. The average molecular weight is 403 g/mol. The van der Waals surface area contributed by atoms with E-state index in [9.17, 15) is 31.1 Å². The highest BCUT2D eigenvalue weighted by atomic mass is 19.4. The first-order valence-electron chi connectivity index (χ1n) is 8.40. The number of Topliss-reactive ketones (excluding diaryl/α,β-unsaturated/α-hetero) is 1. The molecule has 3 heterocycles. The highest BCUT2D eigenvalue weighted by Crippen LogP contribution is 2.31. The molecule has 0 radical (unpaired) electrons. The molecule has 4 nitrogen and oxygen atoms in total. The van der Waals surface area contributed by atoms with Gasteiger partial charge in [0, 0.05) is 24.6 Å². The zero-order valence-electron chi connectivity index (χ0n) is 14.4. The number of alkyl halides is 6. The normalized spacial score (nSPS) is 17.8. The number of carbonyl (C=O) groups excluding carboxylic acids is 1. The number of pyridine rings is 2. The average Bonchev–Trinajstić information content (AvgIpc) is 3.10. The summed E-state index contributed by atoms with van der Waals surface area (Å²) in [4.78, 5) is 21.7. The van der Waals surface area contributed by atoms with E-state index in [1.807, 2.05) is 0 Å². The van der Waals surface area contributed by atoms with Gasteiger partial charge in [-0.3, -0.25) is 9.78 Å². The van der Waals surface area contributed by atoms with Crippen molar-refractivity contribution < 1.29 is 31.1 Å². The van der Waals surface area contributed by atoms with Crippen LogP contribution in [0.3, 0.4) is 0 Å². The van der Waals surface area contributed by atoms with E-state index in [0.717, 1.165) is 18.2 Å². The number of rotatable bonds is 4. The van der Waals surface area contributed by atoms with Gasteiger partial charge in [-0.1, -0.05) is 0 Å². The molecule has 3 rings (SSSR count). The summed E-state index contributed by atoms with van der Waals surface area (Å²) in [7, 11) is 0. The first-order valence-corrected chi connectivity index (χ1v) is 8.40. The fraction of sp³-hybridized carbons (Fsp3) is 0.389. The number of halogens is 6. The zero-order valence-corrected chi connectivity index (χ0v) is 14.4. The summed E-state index contributed by atoms with van der Waals surface area (Å²) in [5.74, 6) is -0.0179. The zero-order chi connectivity index (χ0) is 20.5. The third-order valence-corrected chi connectivity index (χ3v) is 4.50. The van der Waals surface area contributed by atoms with Crippen molar-refractivity contribution in [3.8, 4) is 0 Å². The number of anilines is 1. The van der Waals surface area contributed by atoms with Gasteiger partial charge in [-0.15, -0.1) is 0 Å². The molecule has 0 unspecified atom stereocenters. The molecule has 0 amide bonds. The number of aromatic nitrogens is 2. The quantitative estimate of drug-likeness (QED) is 0.715. The van der Waals surface area contributed by atoms with E-state index >= 15 is 0 Å². The van der Waals surface area contributed by atoms with Gasteiger partial charge in [0.1, 0.15) is 5.82 Å². The standard InChI is InChI=1S/C18H15F6N3O/c19-17(20,21)11-3-5-13(25-9-11)8-15(28)14-2-1-7-27(14)16-6-4-12(10-26-16)18(22,23)24/h3-6,9-10,14H,1-2,7-8H2/t14-/m0/s1. The van der Waals surface area contributed by atoms with Crippen LogP contribution < -0.4 is 4.90 Å². The maximum absolute atomic E-state index is 12.7. The Bertz CT molecular complexity index is 830. The fourth-order valence-corrected chi connectivity index (χ4v) is 3.09. The lowest BCUT2D eigenvalue weighted by Crippen LogP contribution is -2.37. The van der Waals surface area contributed by atoms with E-state index in [1.54, 1.807) is 4.90 Å². The van der Waals surface area contributed by atoms with Gasteiger partial charge in [-0.2, -0.15) is 26.3 Å². The summed E-state index contributed by atoms with van der Waals surface area (Å²) in [5, 5.41) is 0. The SMILES string of the molecule is O=C(Cc1ccc(C(F)(F)F)cn1)[C@@H]1CCCN1c1ccc(C(F)(F)F)cn1. The van der Waals surface area contributed by atoms with Crippen LogP contribution in [0.15, 0.2) is 36.7 Å². The number of hydrogen-bond donors (Lipinski definition) is 0. The molecule has 1 saturated heterocycles. The number of carbonyl (C=O) groups is 1. The van der Waals surface area contributed by atoms with Crippen LogP contribution in [0.25, 0.3) is 0 Å². The van der Waals surface area contributed by atoms with Gasteiger partial charge in [-0.05, 0) is 37.1 Å². The molecule has 1 aliphatic heterocycles. The van der Waals surface area contributed by atoms with Crippen LogP contribution in [0.2, 0.25) is 0 Å². The van der Waals surface area contributed by atoms with Crippen molar-refractivity contribution in [3.05, 3.63) is 53.5 Å². The number of nitrogens with zero attached hydrogens (tertiary/aromatic N) is 3. The minimum Gasteiger partial charge on any atom is -0.347 e. The molecule has 1 fully saturated rings. The van der Waals surface area contributed by atoms with Gasteiger partial charge in [0.05, 0.1) is 23.6 Å². The van der Waals surface area contributed by atoms with Crippen molar-refractivity contribution in [1.29, 1.82) is 0 Å². The second kappa shape index (κ2) is 7.40. The smallest absolute Gasteiger partial charge is 0.347 e. The molecule has 1 atom stereocenters. The maximum Gasteiger partial charge on any atom is 0.417 e. The Labute approximate surface area is 156 Å². The van der Waals surface area contributed by atoms with Crippen LogP contribution in [0.4, 0.5) is 32.2 Å². The third kappa shape index (κ3) is 4.42. The second-order valence-electron chi connectivity index (χ2n) is 6.43. The predicted molar refractivity (Wildman–Crippen MR) is 87.6 cm³/mol. The van der Waals surface area contributed by atoms with Crippen LogP contribution >= 0.6 is 0 Å². The van der Waals surface area contributed by atoms with E-state index in [-0.39, 0.29) is 23.7 Å². The van der Waals surface area contributed by atoms with Crippen molar-refractivity contribution in [2.75, 3.05) is 11.4 Å². The van der Waals surface area contributed by atoms with E-state index in [4.69, 9.17) is 0 Å². The van der Waals surface area contributed by atoms with Crippen LogP contribution in [0.5, 0.6) is 0 Å². The van der Waals surface area contributed by atoms with Gasteiger partial charge in [0.15, 0.2) is 5.78 Å². The van der Waals surface area contributed by atoms with E-state index in [0.29, 0.717) is 31.8 Å².